The Morgan fingerprint density at radius 1 is 1.19 bits per heavy atom. The molecule has 0 bridgehead atoms. The number of halogens is 1. The minimum Gasteiger partial charge on any atom is -0.373 e. The van der Waals surface area contributed by atoms with Crippen molar-refractivity contribution in [2.24, 2.45) is 0 Å². The second-order valence-electron chi connectivity index (χ2n) is 7.11. The first kappa shape index (κ1) is 17.3. The zero-order valence-corrected chi connectivity index (χ0v) is 15.5. The maximum Gasteiger partial charge on any atom is 0.245 e. The van der Waals surface area contributed by atoms with E-state index in [1.165, 1.54) is 5.56 Å². The van der Waals surface area contributed by atoms with Crippen LogP contribution in [0.25, 0.3) is 0 Å². The highest BCUT2D eigenvalue weighted by Gasteiger charge is 2.32. The summed E-state index contributed by atoms with van der Waals surface area (Å²) < 4.78 is 0. The third kappa shape index (κ3) is 3.56. The number of anilines is 1. The highest BCUT2D eigenvalue weighted by molar-refractivity contribution is 6.30. The smallest absolute Gasteiger partial charge is 0.245 e. The van der Waals surface area contributed by atoms with Gasteiger partial charge in [-0.25, -0.2) is 5.43 Å². The van der Waals surface area contributed by atoms with E-state index in [1.807, 2.05) is 36.2 Å². The van der Waals surface area contributed by atoms with Crippen molar-refractivity contribution in [1.29, 1.82) is 0 Å². The molecule has 0 spiro atoms. The van der Waals surface area contributed by atoms with Gasteiger partial charge in [0.2, 0.25) is 5.91 Å². The molecule has 2 aliphatic rings. The predicted molar refractivity (Wildman–Crippen MR) is 104 cm³/mol. The lowest BCUT2D eigenvalue weighted by molar-refractivity contribution is -0.130. The van der Waals surface area contributed by atoms with Crippen LogP contribution in [0.5, 0.6) is 0 Å². The summed E-state index contributed by atoms with van der Waals surface area (Å²) in [7, 11) is 1.87. The van der Waals surface area contributed by atoms with Gasteiger partial charge in [-0.1, -0.05) is 41.9 Å². The summed E-state index contributed by atoms with van der Waals surface area (Å²) in [4.78, 5) is 14.6. The minimum absolute atomic E-state index is 0.113. The van der Waals surface area contributed by atoms with Crippen molar-refractivity contribution in [3.8, 4) is 0 Å². The Kier molecular flexibility index (Phi) is 4.85. The average molecular weight is 371 g/mol. The van der Waals surface area contributed by atoms with Gasteiger partial charge in [0.25, 0.3) is 0 Å². The number of hydrogen-bond acceptors (Lipinski definition) is 4. The Hall–Kier alpha value is -2.08. The van der Waals surface area contributed by atoms with Gasteiger partial charge >= 0.3 is 0 Å². The van der Waals surface area contributed by atoms with Crippen LogP contribution in [0, 0.1) is 0 Å². The van der Waals surface area contributed by atoms with Crippen LogP contribution in [0.15, 0.2) is 48.5 Å². The highest BCUT2D eigenvalue weighted by Crippen LogP contribution is 2.29. The van der Waals surface area contributed by atoms with E-state index in [1.54, 1.807) is 0 Å². The molecule has 136 valence electrons. The quantitative estimate of drug-likeness (QED) is 0.774. The van der Waals surface area contributed by atoms with E-state index in [-0.39, 0.29) is 24.0 Å². The fourth-order valence-corrected chi connectivity index (χ4v) is 4.01. The molecular formula is C20H23ClN4O. The van der Waals surface area contributed by atoms with Crippen LogP contribution in [0.3, 0.4) is 0 Å². The molecule has 2 heterocycles. The highest BCUT2D eigenvalue weighted by atomic mass is 35.5. The molecule has 0 aliphatic carbocycles. The first-order chi connectivity index (χ1) is 12.6. The van der Waals surface area contributed by atoms with Gasteiger partial charge in [0.15, 0.2) is 0 Å². The number of nitrogens with one attached hydrogen (secondary N) is 3. The van der Waals surface area contributed by atoms with E-state index >= 15 is 0 Å². The van der Waals surface area contributed by atoms with Gasteiger partial charge in [0.1, 0.15) is 6.04 Å². The molecule has 1 amide bonds. The maximum absolute atomic E-state index is 12.8. The van der Waals surface area contributed by atoms with Crippen LogP contribution in [-0.4, -0.2) is 36.5 Å². The monoisotopic (exact) mass is 370 g/mol. The first-order valence-electron chi connectivity index (χ1n) is 8.96. The normalized spacial score (nSPS) is 24.2. The topological polar surface area (TPSA) is 56.4 Å². The third-order valence-corrected chi connectivity index (χ3v) is 5.41. The van der Waals surface area contributed by atoms with Crippen LogP contribution < -0.4 is 16.2 Å². The van der Waals surface area contributed by atoms with Crippen molar-refractivity contribution in [1.82, 2.24) is 15.8 Å². The Morgan fingerprint density at radius 2 is 2.00 bits per heavy atom. The molecule has 3 N–H and O–H groups in total. The number of rotatable bonds is 4. The maximum atomic E-state index is 12.8. The fourth-order valence-electron chi connectivity index (χ4n) is 3.81. The molecular weight excluding hydrogens is 348 g/mol. The molecule has 2 aromatic carbocycles. The number of amides is 1. The van der Waals surface area contributed by atoms with Gasteiger partial charge in [-0.15, -0.1) is 0 Å². The summed E-state index contributed by atoms with van der Waals surface area (Å²) >= 11 is 6.05. The fraction of sp³-hybridized carbons (Fsp3) is 0.350. The summed E-state index contributed by atoms with van der Waals surface area (Å²) in [6.45, 7) is 0.671. The molecule has 3 unspecified atom stereocenters. The van der Waals surface area contributed by atoms with Crippen molar-refractivity contribution in [3.05, 3.63) is 64.7 Å². The molecule has 5 nitrogen and oxygen atoms in total. The number of hydrogen-bond donors (Lipinski definition) is 3. The standard InChI is InChI=1S/C20H23ClN4O/c1-25(12-16-11-18(24-23-16)13-5-3-2-4-6-13)20(26)19-10-14-9-15(21)7-8-17(14)22-19/h2-9,16,18-19,22-24H,10-12H2,1H3. The van der Waals surface area contributed by atoms with E-state index in [0.717, 1.165) is 17.7 Å². The average Bonchev–Trinajstić information content (AvgIpc) is 3.28. The number of nitrogens with zero attached hydrogens (tertiary/aromatic N) is 1. The largest absolute Gasteiger partial charge is 0.373 e. The zero-order chi connectivity index (χ0) is 18.1. The summed E-state index contributed by atoms with van der Waals surface area (Å²) in [6, 6.07) is 16.4. The molecule has 2 aromatic rings. The molecule has 6 heteroatoms. The Balaban J connectivity index is 1.33. The van der Waals surface area contributed by atoms with Crippen LogP contribution >= 0.6 is 11.6 Å². The lowest BCUT2D eigenvalue weighted by Gasteiger charge is -2.24. The second kappa shape index (κ2) is 7.27. The van der Waals surface area contributed by atoms with Crippen LogP contribution in [0.1, 0.15) is 23.6 Å². The molecule has 1 fully saturated rings. The summed E-state index contributed by atoms with van der Waals surface area (Å²) in [5.41, 5.74) is 10.0. The number of hydrazine groups is 1. The summed E-state index contributed by atoms with van der Waals surface area (Å²) in [6.07, 6.45) is 1.64. The van der Waals surface area contributed by atoms with Crippen LogP contribution in [-0.2, 0) is 11.2 Å². The second-order valence-corrected chi connectivity index (χ2v) is 7.54. The summed E-state index contributed by atoms with van der Waals surface area (Å²) in [5, 5.41) is 4.02. The van der Waals surface area contributed by atoms with E-state index in [4.69, 9.17) is 11.6 Å². The number of benzene rings is 2. The molecule has 3 atom stereocenters. The molecule has 0 saturated carbocycles. The van der Waals surface area contributed by atoms with E-state index in [9.17, 15) is 4.79 Å². The number of fused-ring (bicyclic) bond motifs is 1. The third-order valence-electron chi connectivity index (χ3n) is 5.17. The van der Waals surface area contributed by atoms with Crippen molar-refractivity contribution < 1.29 is 4.79 Å². The SMILES string of the molecule is CN(CC1CC(c2ccccc2)NN1)C(=O)C1Cc2cc(Cl)ccc2N1. The Labute approximate surface area is 158 Å². The first-order valence-corrected chi connectivity index (χ1v) is 9.34. The lowest BCUT2D eigenvalue weighted by atomic mass is 10.0. The summed E-state index contributed by atoms with van der Waals surface area (Å²) in [5.74, 6) is 0.113. The number of carbonyl (C=O) groups is 1. The van der Waals surface area contributed by atoms with Crippen LogP contribution in [0.2, 0.25) is 5.02 Å². The molecule has 2 aliphatic heterocycles. The molecule has 0 radical (unpaired) electrons. The number of carbonyl (C=O) groups excluding carboxylic acids is 1. The Morgan fingerprint density at radius 3 is 2.81 bits per heavy atom. The lowest BCUT2D eigenvalue weighted by Crippen LogP contribution is -2.46. The van der Waals surface area contributed by atoms with E-state index in [2.05, 4.69) is 40.4 Å². The van der Waals surface area contributed by atoms with Gasteiger partial charge in [-0.2, -0.15) is 0 Å². The van der Waals surface area contributed by atoms with Gasteiger partial charge in [0.05, 0.1) is 0 Å². The molecule has 4 rings (SSSR count). The van der Waals surface area contributed by atoms with Gasteiger partial charge in [0, 0.05) is 42.8 Å². The van der Waals surface area contributed by atoms with Crippen molar-refractivity contribution in [2.75, 3.05) is 18.9 Å². The van der Waals surface area contributed by atoms with Crippen molar-refractivity contribution in [2.45, 2.75) is 31.0 Å². The van der Waals surface area contributed by atoms with Crippen molar-refractivity contribution in [3.63, 3.8) is 0 Å². The number of likely N-dealkylation sites (N-methyl/N-ethyl adjacent to an activating group) is 1. The zero-order valence-electron chi connectivity index (χ0n) is 14.7. The van der Waals surface area contributed by atoms with Gasteiger partial charge < -0.3 is 10.2 Å². The van der Waals surface area contributed by atoms with E-state index < -0.39 is 0 Å². The van der Waals surface area contributed by atoms with Gasteiger partial charge in [-0.3, -0.25) is 10.2 Å². The van der Waals surface area contributed by atoms with E-state index in [0.29, 0.717) is 18.0 Å². The predicted octanol–water partition coefficient (Wildman–Crippen LogP) is 2.74. The molecule has 1 saturated heterocycles. The Bertz CT molecular complexity index is 798. The molecule has 0 aromatic heterocycles. The molecule has 26 heavy (non-hydrogen) atoms. The van der Waals surface area contributed by atoms with Gasteiger partial charge in [-0.05, 0) is 35.7 Å². The van der Waals surface area contributed by atoms with Crippen molar-refractivity contribution >= 4 is 23.2 Å². The van der Waals surface area contributed by atoms with Crippen LogP contribution in [0.4, 0.5) is 5.69 Å². The minimum atomic E-state index is -0.215.